The molecule has 0 amide bonds. The summed E-state index contributed by atoms with van der Waals surface area (Å²) in [5.74, 6) is 0. The molecule has 2 rings (SSSR count). The average molecular weight is 203 g/mol. The predicted octanol–water partition coefficient (Wildman–Crippen LogP) is 3.00. The number of fused-ring (bicyclic) bond motifs is 1. The number of ether oxygens (including phenoxy) is 1. The third-order valence-electron chi connectivity index (χ3n) is 2.69. The van der Waals surface area contributed by atoms with E-state index in [1.165, 1.54) is 5.56 Å². The minimum absolute atomic E-state index is 0.0675. The van der Waals surface area contributed by atoms with Crippen LogP contribution < -0.4 is 0 Å². The molecule has 0 aliphatic heterocycles. The van der Waals surface area contributed by atoms with Crippen LogP contribution in [0.2, 0.25) is 0 Å². The van der Waals surface area contributed by atoms with Gasteiger partial charge in [-0.3, -0.25) is 0 Å². The molecule has 1 unspecified atom stereocenters. The molecule has 1 aliphatic carbocycles. The van der Waals surface area contributed by atoms with Crippen LogP contribution in [0.25, 0.3) is 10.4 Å². The van der Waals surface area contributed by atoms with Gasteiger partial charge in [-0.25, -0.2) is 0 Å². The minimum atomic E-state index is -0.0904. The Labute approximate surface area is 88.5 Å². The smallest absolute Gasteiger partial charge is 0.0915 e. The summed E-state index contributed by atoms with van der Waals surface area (Å²) >= 11 is 0. The normalized spacial score (nSPS) is 23.3. The van der Waals surface area contributed by atoms with E-state index in [0.717, 1.165) is 12.0 Å². The molecule has 0 radical (unpaired) electrons. The van der Waals surface area contributed by atoms with Crippen LogP contribution in [-0.4, -0.2) is 12.6 Å². The maximum atomic E-state index is 8.49. The van der Waals surface area contributed by atoms with E-state index in [0.29, 0.717) is 6.61 Å². The monoisotopic (exact) mass is 203 g/mol. The standard InChI is InChI=1S/C11H13N3O/c1-2-15-11-9-6-4-3-5-8(9)7-10(11)13-14-12/h3-6,10-11H,2,7H2,1H3/t10?,11-/m0/s1. The number of azide groups is 1. The molecular weight excluding hydrogens is 190 g/mol. The van der Waals surface area contributed by atoms with Crippen LogP contribution in [0.4, 0.5) is 0 Å². The predicted molar refractivity (Wildman–Crippen MR) is 57.4 cm³/mol. The molecule has 1 aliphatic rings. The molecule has 4 heteroatoms. The number of benzene rings is 1. The summed E-state index contributed by atoms with van der Waals surface area (Å²) in [5, 5.41) is 3.79. The van der Waals surface area contributed by atoms with Gasteiger partial charge in [0.15, 0.2) is 0 Å². The van der Waals surface area contributed by atoms with Gasteiger partial charge in [-0.05, 0) is 30.0 Å². The first kappa shape index (κ1) is 10.0. The second-order valence-corrected chi connectivity index (χ2v) is 3.55. The quantitative estimate of drug-likeness (QED) is 0.423. The molecule has 4 nitrogen and oxygen atoms in total. The summed E-state index contributed by atoms with van der Waals surface area (Å²) in [6.45, 7) is 2.59. The lowest BCUT2D eigenvalue weighted by molar-refractivity contribution is 0.0519. The maximum Gasteiger partial charge on any atom is 0.0915 e. The first-order valence-corrected chi connectivity index (χ1v) is 5.10. The van der Waals surface area contributed by atoms with Crippen LogP contribution in [-0.2, 0) is 11.2 Å². The van der Waals surface area contributed by atoms with Gasteiger partial charge in [0.2, 0.25) is 0 Å². The summed E-state index contributed by atoms with van der Waals surface area (Å²) < 4.78 is 5.63. The Morgan fingerprint density at radius 2 is 2.33 bits per heavy atom. The summed E-state index contributed by atoms with van der Waals surface area (Å²) in [6.07, 6.45) is 0.715. The molecule has 0 heterocycles. The molecule has 0 aromatic heterocycles. The van der Waals surface area contributed by atoms with E-state index in [1.54, 1.807) is 0 Å². The largest absolute Gasteiger partial charge is 0.373 e. The molecule has 0 saturated carbocycles. The van der Waals surface area contributed by atoms with Crippen LogP contribution in [0, 0.1) is 0 Å². The van der Waals surface area contributed by atoms with E-state index in [2.05, 4.69) is 16.1 Å². The fourth-order valence-corrected chi connectivity index (χ4v) is 2.09. The van der Waals surface area contributed by atoms with E-state index in [-0.39, 0.29) is 12.1 Å². The third-order valence-corrected chi connectivity index (χ3v) is 2.69. The first-order chi connectivity index (χ1) is 7.36. The van der Waals surface area contributed by atoms with Gasteiger partial charge in [-0.2, -0.15) is 0 Å². The Kier molecular flexibility index (Phi) is 2.90. The van der Waals surface area contributed by atoms with E-state index in [1.807, 2.05) is 25.1 Å². The Balaban J connectivity index is 2.32. The van der Waals surface area contributed by atoms with Gasteiger partial charge in [-0.1, -0.05) is 29.4 Å². The zero-order valence-electron chi connectivity index (χ0n) is 8.63. The summed E-state index contributed by atoms with van der Waals surface area (Å²) in [5.41, 5.74) is 10.9. The Morgan fingerprint density at radius 3 is 3.07 bits per heavy atom. The minimum Gasteiger partial charge on any atom is -0.373 e. The zero-order valence-corrected chi connectivity index (χ0v) is 8.63. The molecule has 1 aromatic rings. The first-order valence-electron chi connectivity index (χ1n) is 5.10. The molecular formula is C11H13N3O. The van der Waals surface area contributed by atoms with E-state index >= 15 is 0 Å². The molecule has 0 fully saturated rings. The van der Waals surface area contributed by atoms with Gasteiger partial charge < -0.3 is 4.74 Å². The van der Waals surface area contributed by atoms with Crippen LogP contribution in [0.1, 0.15) is 24.2 Å². The highest BCUT2D eigenvalue weighted by Gasteiger charge is 2.31. The van der Waals surface area contributed by atoms with Crippen molar-refractivity contribution < 1.29 is 4.74 Å². The topological polar surface area (TPSA) is 58.0 Å². The molecule has 1 aromatic carbocycles. The summed E-state index contributed by atoms with van der Waals surface area (Å²) in [7, 11) is 0. The molecule has 0 spiro atoms. The van der Waals surface area contributed by atoms with Gasteiger partial charge in [0.05, 0.1) is 12.1 Å². The van der Waals surface area contributed by atoms with E-state index in [9.17, 15) is 0 Å². The van der Waals surface area contributed by atoms with Crippen LogP contribution in [0.3, 0.4) is 0 Å². The van der Waals surface area contributed by atoms with Gasteiger partial charge >= 0.3 is 0 Å². The van der Waals surface area contributed by atoms with E-state index in [4.69, 9.17) is 10.3 Å². The van der Waals surface area contributed by atoms with Crippen LogP contribution in [0.5, 0.6) is 0 Å². The molecule has 0 N–H and O–H groups in total. The van der Waals surface area contributed by atoms with Gasteiger partial charge in [-0.15, -0.1) is 0 Å². The van der Waals surface area contributed by atoms with Crippen LogP contribution in [0.15, 0.2) is 29.4 Å². The lowest BCUT2D eigenvalue weighted by Crippen LogP contribution is -2.14. The highest BCUT2D eigenvalue weighted by Crippen LogP contribution is 2.35. The summed E-state index contributed by atoms with van der Waals surface area (Å²) in [6, 6.07) is 8.01. The molecule has 0 saturated heterocycles. The fraction of sp³-hybridized carbons (Fsp3) is 0.455. The SMILES string of the molecule is CCO[C@H]1c2ccccc2CC1N=[N+]=[N-]. The van der Waals surface area contributed by atoms with Crippen LogP contribution >= 0.6 is 0 Å². The average Bonchev–Trinajstić information content (AvgIpc) is 2.59. The van der Waals surface area contributed by atoms with Crippen molar-refractivity contribution in [1.82, 2.24) is 0 Å². The molecule has 2 atom stereocenters. The lowest BCUT2D eigenvalue weighted by atomic mass is 10.1. The Hall–Kier alpha value is -1.51. The van der Waals surface area contributed by atoms with Crippen molar-refractivity contribution >= 4 is 0 Å². The fourth-order valence-electron chi connectivity index (χ4n) is 2.09. The van der Waals surface area contributed by atoms with Gasteiger partial charge in [0, 0.05) is 11.5 Å². The second-order valence-electron chi connectivity index (χ2n) is 3.55. The van der Waals surface area contributed by atoms with Crippen molar-refractivity contribution in [2.75, 3.05) is 6.61 Å². The lowest BCUT2D eigenvalue weighted by Gasteiger charge is -2.15. The number of hydrogen-bond donors (Lipinski definition) is 0. The molecule has 0 bridgehead atoms. The van der Waals surface area contributed by atoms with Gasteiger partial charge in [0.1, 0.15) is 0 Å². The summed E-state index contributed by atoms with van der Waals surface area (Å²) in [4.78, 5) is 2.88. The third kappa shape index (κ3) is 1.82. The number of hydrogen-bond acceptors (Lipinski definition) is 2. The maximum absolute atomic E-state index is 8.49. The van der Waals surface area contributed by atoms with Gasteiger partial charge in [0.25, 0.3) is 0 Å². The second kappa shape index (κ2) is 4.34. The van der Waals surface area contributed by atoms with Crippen molar-refractivity contribution in [3.05, 3.63) is 45.8 Å². The Bertz CT molecular complexity index is 399. The number of nitrogens with zero attached hydrogens (tertiary/aromatic N) is 3. The number of rotatable bonds is 3. The highest BCUT2D eigenvalue weighted by molar-refractivity contribution is 5.36. The Morgan fingerprint density at radius 1 is 1.53 bits per heavy atom. The van der Waals surface area contributed by atoms with Crippen molar-refractivity contribution in [2.45, 2.75) is 25.5 Å². The zero-order chi connectivity index (χ0) is 10.7. The molecule has 15 heavy (non-hydrogen) atoms. The van der Waals surface area contributed by atoms with Crippen molar-refractivity contribution in [3.63, 3.8) is 0 Å². The van der Waals surface area contributed by atoms with Crippen molar-refractivity contribution in [2.24, 2.45) is 5.11 Å². The van der Waals surface area contributed by atoms with E-state index < -0.39 is 0 Å². The van der Waals surface area contributed by atoms with Crippen molar-refractivity contribution in [3.8, 4) is 0 Å². The highest BCUT2D eigenvalue weighted by atomic mass is 16.5. The van der Waals surface area contributed by atoms with Crippen molar-refractivity contribution in [1.29, 1.82) is 0 Å². The molecule has 78 valence electrons.